The molecule has 21 heavy (non-hydrogen) atoms. The summed E-state index contributed by atoms with van der Waals surface area (Å²) in [6.45, 7) is 7.45. The number of carbonyl (C=O) groups excluding carboxylic acids is 1. The number of hydrogen-bond acceptors (Lipinski definition) is 3. The molecule has 1 amide bonds. The Bertz CT molecular complexity index is 636. The van der Waals surface area contributed by atoms with E-state index < -0.39 is 0 Å². The molecule has 1 aliphatic rings. The van der Waals surface area contributed by atoms with Gasteiger partial charge in [0.25, 0.3) is 5.91 Å². The van der Waals surface area contributed by atoms with Gasteiger partial charge in [-0.1, -0.05) is 32.0 Å². The maximum atomic E-state index is 12.5. The van der Waals surface area contributed by atoms with Crippen LogP contribution in [0.2, 0.25) is 0 Å². The molecule has 0 saturated carbocycles. The standard InChI is InChI=1S/C16H22N4O/c1-3-20-9-8-11(2)14(10-20)17-16(21)15-12-6-4-5-7-13(12)18-19-15/h4-7,11,14H,3,8-10H2,1-2H3,(H,17,21)(H,18,19)/t11?,14-/m1/s1. The summed E-state index contributed by atoms with van der Waals surface area (Å²) in [6.07, 6.45) is 1.13. The van der Waals surface area contributed by atoms with Gasteiger partial charge >= 0.3 is 0 Å². The average Bonchev–Trinajstić information content (AvgIpc) is 2.93. The van der Waals surface area contributed by atoms with Crippen LogP contribution in [0.3, 0.4) is 0 Å². The van der Waals surface area contributed by atoms with E-state index in [1.54, 1.807) is 0 Å². The summed E-state index contributed by atoms with van der Waals surface area (Å²) in [7, 11) is 0. The van der Waals surface area contributed by atoms with E-state index in [2.05, 4.69) is 34.3 Å². The third kappa shape index (κ3) is 2.78. The first-order chi connectivity index (χ1) is 10.2. The van der Waals surface area contributed by atoms with Crippen LogP contribution in [0.1, 0.15) is 30.8 Å². The Hall–Kier alpha value is -1.88. The van der Waals surface area contributed by atoms with E-state index >= 15 is 0 Å². The molecule has 2 atom stereocenters. The quantitative estimate of drug-likeness (QED) is 0.907. The van der Waals surface area contributed by atoms with Crippen LogP contribution in [0.25, 0.3) is 10.9 Å². The Morgan fingerprint density at radius 2 is 2.29 bits per heavy atom. The lowest BCUT2D eigenvalue weighted by Gasteiger charge is -2.36. The van der Waals surface area contributed by atoms with Gasteiger partial charge in [0.05, 0.1) is 5.52 Å². The highest BCUT2D eigenvalue weighted by Crippen LogP contribution is 2.19. The van der Waals surface area contributed by atoms with Crippen molar-refractivity contribution in [3.63, 3.8) is 0 Å². The molecule has 0 spiro atoms. The summed E-state index contributed by atoms with van der Waals surface area (Å²) in [5.41, 5.74) is 1.39. The van der Waals surface area contributed by atoms with Crippen molar-refractivity contribution < 1.29 is 4.79 Å². The molecule has 0 aliphatic carbocycles. The molecule has 3 rings (SSSR count). The number of benzene rings is 1. The number of para-hydroxylation sites is 1. The second-order valence-corrected chi connectivity index (χ2v) is 5.86. The zero-order valence-electron chi connectivity index (χ0n) is 12.6. The number of aromatic amines is 1. The van der Waals surface area contributed by atoms with Crippen LogP contribution in [0.5, 0.6) is 0 Å². The molecular formula is C16H22N4O. The molecule has 112 valence electrons. The average molecular weight is 286 g/mol. The summed E-state index contributed by atoms with van der Waals surface area (Å²) < 4.78 is 0. The van der Waals surface area contributed by atoms with E-state index in [0.29, 0.717) is 11.6 Å². The number of likely N-dealkylation sites (N-methyl/N-ethyl adjacent to an activating group) is 1. The van der Waals surface area contributed by atoms with Gasteiger partial charge in [-0.15, -0.1) is 0 Å². The van der Waals surface area contributed by atoms with Crippen molar-refractivity contribution >= 4 is 16.8 Å². The van der Waals surface area contributed by atoms with Crippen LogP contribution in [0, 0.1) is 5.92 Å². The minimum absolute atomic E-state index is 0.0812. The Labute approximate surface area is 124 Å². The number of piperidine rings is 1. The van der Waals surface area contributed by atoms with Crippen molar-refractivity contribution in [3.8, 4) is 0 Å². The Kier molecular flexibility index (Phi) is 3.92. The number of amides is 1. The first-order valence-electron chi connectivity index (χ1n) is 7.65. The summed E-state index contributed by atoms with van der Waals surface area (Å²) in [5, 5.41) is 11.1. The highest BCUT2D eigenvalue weighted by molar-refractivity contribution is 6.04. The number of nitrogens with zero attached hydrogens (tertiary/aromatic N) is 2. The Balaban J connectivity index is 1.76. The van der Waals surface area contributed by atoms with Crippen molar-refractivity contribution in [2.45, 2.75) is 26.3 Å². The van der Waals surface area contributed by atoms with Crippen molar-refractivity contribution in [3.05, 3.63) is 30.0 Å². The predicted octanol–water partition coefficient (Wildman–Crippen LogP) is 2.02. The first-order valence-corrected chi connectivity index (χ1v) is 7.65. The minimum atomic E-state index is -0.0812. The maximum Gasteiger partial charge on any atom is 0.272 e. The number of fused-ring (bicyclic) bond motifs is 1. The summed E-state index contributed by atoms with van der Waals surface area (Å²) in [6, 6.07) is 7.92. The molecule has 2 heterocycles. The van der Waals surface area contributed by atoms with Gasteiger partial charge in [-0.05, 0) is 31.5 Å². The second-order valence-electron chi connectivity index (χ2n) is 5.86. The highest BCUT2D eigenvalue weighted by Gasteiger charge is 2.27. The van der Waals surface area contributed by atoms with Gasteiger partial charge in [0.2, 0.25) is 0 Å². The zero-order valence-corrected chi connectivity index (χ0v) is 12.6. The maximum absolute atomic E-state index is 12.5. The molecule has 2 N–H and O–H groups in total. The molecule has 1 fully saturated rings. The molecular weight excluding hydrogens is 264 g/mol. The van der Waals surface area contributed by atoms with Crippen molar-refractivity contribution in [1.82, 2.24) is 20.4 Å². The lowest BCUT2D eigenvalue weighted by molar-refractivity contribution is 0.0862. The van der Waals surface area contributed by atoms with Gasteiger partial charge in [0.1, 0.15) is 0 Å². The molecule has 1 aromatic carbocycles. The molecule has 0 bridgehead atoms. The van der Waals surface area contributed by atoms with E-state index in [4.69, 9.17) is 0 Å². The van der Waals surface area contributed by atoms with Crippen molar-refractivity contribution in [1.29, 1.82) is 0 Å². The highest BCUT2D eigenvalue weighted by atomic mass is 16.2. The molecule has 0 radical (unpaired) electrons. The number of H-pyrrole nitrogens is 1. The number of nitrogens with one attached hydrogen (secondary N) is 2. The molecule has 1 unspecified atom stereocenters. The monoisotopic (exact) mass is 286 g/mol. The smallest absolute Gasteiger partial charge is 0.272 e. The van der Waals surface area contributed by atoms with Gasteiger partial charge in [0.15, 0.2) is 5.69 Å². The fraction of sp³-hybridized carbons (Fsp3) is 0.500. The molecule has 1 aliphatic heterocycles. The van der Waals surface area contributed by atoms with E-state index in [1.165, 1.54) is 0 Å². The third-order valence-corrected chi connectivity index (χ3v) is 4.49. The molecule has 1 saturated heterocycles. The lowest BCUT2D eigenvalue weighted by atomic mass is 9.93. The van der Waals surface area contributed by atoms with Gasteiger partial charge in [-0.25, -0.2) is 0 Å². The molecule has 5 nitrogen and oxygen atoms in total. The number of carbonyl (C=O) groups is 1. The molecule has 5 heteroatoms. The Morgan fingerprint density at radius 3 is 3.10 bits per heavy atom. The van der Waals surface area contributed by atoms with Crippen molar-refractivity contribution in [2.24, 2.45) is 5.92 Å². The summed E-state index contributed by atoms with van der Waals surface area (Å²) >= 11 is 0. The first kappa shape index (κ1) is 14.1. The SMILES string of the molecule is CCN1CCC(C)[C@H](NC(=O)c2n[nH]c3ccccc23)C1. The number of hydrogen-bond donors (Lipinski definition) is 2. The fourth-order valence-corrected chi connectivity index (χ4v) is 2.99. The van der Waals surface area contributed by atoms with Crippen LogP contribution >= 0.6 is 0 Å². The van der Waals surface area contributed by atoms with E-state index in [-0.39, 0.29) is 11.9 Å². The van der Waals surface area contributed by atoms with Crippen LogP contribution < -0.4 is 5.32 Å². The second kappa shape index (κ2) is 5.85. The normalized spacial score (nSPS) is 23.3. The zero-order chi connectivity index (χ0) is 14.8. The van der Waals surface area contributed by atoms with Crippen LogP contribution in [-0.4, -0.2) is 46.7 Å². The van der Waals surface area contributed by atoms with Crippen LogP contribution in [0.4, 0.5) is 0 Å². The van der Waals surface area contributed by atoms with Gasteiger partial charge in [-0.2, -0.15) is 5.10 Å². The number of likely N-dealkylation sites (tertiary alicyclic amines) is 1. The topological polar surface area (TPSA) is 61.0 Å². The van der Waals surface area contributed by atoms with E-state index in [1.807, 2.05) is 24.3 Å². The van der Waals surface area contributed by atoms with E-state index in [9.17, 15) is 4.79 Å². The van der Waals surface area contributed by atoms with E-state index in [0.717, 1.165) is 37.0 Å². The van der Waals surface area contributed by atoms with Gasteiger partial charge in [0, 0.05) is 18.0 Å². The largest absolute Gasteiger partial charge is 0.346 e. The van der Waals surface area contributed by atoms with Gasteiger partial charge < -0.3 is 10.2 Å². The Morgan fingerprint density at radius 1 is 1.48 bits per heavy atom. The molecule has 1 aromatic heterocycles. The van der Waals surface area contributed by atoms with Crippen molar-refractivity contribution in [2.75, 3.05) is 19.6 Å². The van der Waals surface area contributed by atoms with Gasteiger partial charge in [-0.3, -0.25) is 9.89 Å². The number of aromatic nitrogens is 2. The lowest BCUT2D eigenvalue weighted by Crippen LogP contribution is -2.51. The number of rotatable bonds is 3. The fourth-order valence-electron chi connectivity index (χ4n) is 2.99. The van der Waals surface area contributed by atoms with Crippen LogP contribution in [0.15, 0.2) is 24.3 Å². The predicted molar refractivity (Wildman–Crippen MR) is 83.2 cm³/mol. The third-order valence-electron chi connectivity index (χ3n) is 4.49. The minimum Gasteiger partial charge on any atom is -0.346 e. The summed E-state index contributed by atoms with van der Waals surface area (Å²) in [4.78, 5) is 14.9. The summed E-state index contributed by atoms with van der Waals surface area (Å²) in [5.74, 6) is 0.421. The molecule has 2 aromatic rings. The van der Waals surface area contributed by atoms with Crippen LogP contribution in [-0.2, 0) is 0 Å².